The molecule has 68 valence electrons. The molecule has 3 heteroatoms. The summed E-state index contributed by atoms with van der Waals surface area (Å²) in [5.74, 6) is 2.81. The van der Waals surface area contributed by atoms with Gasteiger partial charge in [-0.2, -0.15) is 11.8 Å². The summed E-state index contributed by atoms with van der Waals surface area (Å²) in [6.45, 7) is 4.45. The van der Waals surface area contributed by atoms with E-state index in [4.69, 9.17) is 5.11 Å². The Labute approximate surface area is 82.1 Å². The molecule has 0 rings (SSSR count). The zero-order chi connectivity index (χ0) is 8.69. The van der Waals surface area contributed by atoms with Crippen molar-refractivity contribution >= 4 is 27.7 Å². The Kier molecular flexibility index (Phi) is 7.97. The van der Waals surface area contributed by atoms with E-state index in [0.29, 0.717) is 5.33 Å². The standard InChI is InChI=1S/C8H17BrOS/c1-7(2)3-4-11-6-8(10)5-9/h7-8,10H,3-6H2,1-2H3. The molecular weight excluding hydrogens is 224 g/mol. The number of halogens is 1. The molecule has 0 bridgehead atoms. The third-order valence-corrected chi connectivity index (χ3v) is 3.22. The van der Waals surface area contributed by atoms with Gasteiger partial charge in [0.2, 0.25) is 0 Å². The number of hydrogen-bond acceptors (Lipinski definition) is 2. The molecule has 0 aliphatic heterocycles. The molecule has 1 N–H and O–H groups in total. The third-order valence-electron chi connectivity index (χ3n) is 1.33. The molecule has 1 atom stereocenters. The van der Waals surface area contributed by atoms with E-state index in [1.807, 2.05) is 11.8 Å². The van der Waals surface area contributed by atoms with E-state index in [2.05, 4.69) is 29.8 Å². The van der Waals surface area contributed by atoms with Crippen LogP contribution in [0.4, 0.5) is 0 Å². The van der Waals surface area contributed by atoms with E-state index in [1.165, 1.54) is 12.2 Å². The van der Waals surface area contributed by atoms with Crippen LogP contribution in [0.1, 0.15) is 20.3 Å². The molecule has 0 aromatic heterocycles. The molecule has 0 amide bonds. The molecule has 0 radical (unpaired) electrons. The van der Waals surface area contributed by atoms with Crippen LogP contribution in [-0.4, -0.2) is 28.0 Å². The summed E-state index contributed by atoms with van der Waals surface area (Å²) in [5, 5.41) is 9.85. The zero-order valence-electron chi connectivity index (χ0n) is 7.22. The fourth-order valence-electron chi connectivity index (χ4n) is 0.583. The van der Waals surface area contributed by atoms with E-state index in [0.717, 1.165) is 11.7 Å². The maximum absolute atomic E-state index is 9.16. The predicted octanol–water partition coefficient (Wildman–Crippen LogP) is 2.52. The van der Waals surface area contributed by atoms with Gasteiger partial charge in [0.1, 0.15) is 0 Å². The highest BCUT2D eigenvalue weighted by molar-refractivity contribution is 9.09. The quantitative estimate of drug-likeness (QED) is 0.569. The molecule has 1 unspecified atom stereocenters. The number of aliphatic hydroxyl groups excluding tert-OH is 1. The first-order valence-electron chi connectivity index (χ1n) is 3.98. The molecule has 0 spiro atoms. The summed E-state index contributed by atoms with van der Waals surface area (Å²) in [6.07, 6.45) is 1.08. The van der Waals surface area contributed by atoms with Crippen molar-refractivity contribution in [3.05, 3.63) is 0 Å². The van der Waals surface area contributed by atoms with Gasteiger partial charge in [0.05, 0.1) is 6.10 Å². The number of hydrogen-bond donors (Lipinski definition) is 1. The Balaban J connectivity index is 3.01. The fourth-order valence-corrected chi connectivity index (χ4v) is 2.31. The van der Waals surface area contributed by atoms with Crippen molar-refractivity contribution < 1.29 is 5.11 Å². The van der Waals surface area contributed by atoms with Crippen LogP contribution in [-0.2, 0) is 0 Å². The van der Waals surface area contributed by atoms with E-state index < -0.39 is 0 Å². The molecule has 0 aromatic carbocycles. The van der Waals surface area contributed by atoms with E-state index in [9.17, 15) is 0 Å². The molecule has 11 heavy (non-hydrogen) atoms. The van der Waals surface area contributed by atoms with E-state index >= 15 is 0 Å². The van der Waals surface area contributed by atoms with Crippen LogP contribution < -0.4 is 0 Å². The van der Waals surface area contributed by atoms with Crippen LogP contribution >= 0.6 is 27.7 Å². The summed E-state index contributed by atoms with van der Waals surface area (Å²) < 4.78 is 0. The Morgan fingerprint density at radius 2 is 2.09 bits per heavy atom. The van der Waals surface area contributed by atoms with Crippen LogP contribution in [0.25, 0.3) is 0 Å². The Bertz CT molecular complexity index is 88.2. The predicted molar refractivity (Wildman–Crippen MR) is 56.6 cm³/mol. The molecule has 0 saturated heterocycles. The minimum Gasteiger partial charge on any atom is -0.391 e. The van der Waals surface area contributed by atoms with Gasteiger partial charge in [0.15, 0.2) is 0 Å². The second kappa shape index (κ2) is 7.44. The molecule has 0 saturated carbocycles. The maximum atomic E-state index is 9.16. The zero-order valence-corrected chi connectivity index (χ0v) is 9.62. The topological polar surface area (TPSA) is 20.2 Å². The summed E-state index contributed by atoms with van der Waals surface area (Å²) in [5.41, 5.74) is 0. The maximum Gasteiger partial charge on any atom is 0.0727 e. The number of thioether (sulfide) groups is 1. The average molecular weight is 241 g/mol. The fraction of sp³-hybridized carbons (Fsp3) is 1.00. The van der Waals surface area contributed by atoms with Gasteiger partial charge in [-0.1, -0.05) is 29.8 Å². The normalized spacial score (nSPS) is 13.9. The lowest BCUT2D eigenvalue weighted by atomic mass is 10.2. The number of aliphatic hydroxyl groups is 1. The summed E-state index contributed by atoms with van der Waals surface area (Å²) >= 11 is 5.07. The van der Waals surface area contributed by atoms with Crippen LogP contribution in [0.2, 0.25) is 0 Å². The van der Waals surface area contributed by atoms with Gasteiger partial charge in [0.25, 0.3) is 0 Å². The Hall–Kier alpha value is 0.790. The largest absolute Gasteiger partial charge is 0.391 e. The first kappa shape index (κ1) is 11.8. The third kappa shape index (κ3) is 8.70. The van der Waals surface area contributed by atoms with Gasteiger partial charge < -0.3 is 5.11 Å². The van der Waals surface area contributed by atoms with Crippen molar-refractivity contribution in [1.82, 2.24) is 0 Å². The smallest absolute Gasteiger partial charge is 0.0727 e. The van der Waals surface area contributed by atoms with Crippen molar-refractivity contribution in [1.29, 1.82) is 0 Å². The number of alkyl halides is 1. The molecular formula is C8H17BrOS. The highest BCUT2D eigenvalue weighted by Crippen LogP contribution is 2.10. The van der Waals surface area contributed by atoms with Gasteiger partial charge in [-0.25, -0.2) is 0 Å². The highest BCUT2D eigenvalue weighted by atomic mass is 79.9. The second-order valence-electron chi connectivity index (χ2n) is 3.07. The summed E-state index contributed by atoms with van der Waals surface area (Å²) in [6, 6.07) is 0. The minimum absolute atomic E-state index is 0.174. The molecule has 0 aliphatic carbocycles. The van der Waals surface area contributed by atoms with Crippen LogP contribution in [0.15, 0.2) is 0 Å². The van der Waals surface area contributed by atoms with Gasteiger partial charge in [-0.05, 0) is 18.1 Å². The van der Waals surface area contributed by atoms with Gasteiger partial charge in [-0.3, -0.25) is 0 Å². The highest BCUT2D eigenvalue weighted by Gasteiger charge is 2.01. The molecule has 0 aliphatic rings. The monoisotopic (exact) mass is 240 g/mol. The summed E-state index contributed by atoms with van der Waals surface area (Å²) in [7, 11) is 0. The Morgan fingerprint density at radius 1 is 1.45 bits per heavy atom. The molecule has 0 aromatic rings. The van der Waals surface area contributed by atoms with Crippen LogP contribution in [0.5, 0.6) is 0 Å². The second-order valence-corrected chi connectivity index (χ2v) is 4.86. The lowest BCUT2D eigenvalue weighted by Crippen LogP contribution is -2.11. The van der Waals surface area contributed by atoms with E-state index in [1.54, 1.807) is 0 Å². The van der Waals surface area contributed by atoms with Crippen molar-refractivity contribution in [3.8, 4) is 0 Å². The van der Waals surface area contributed by atoms with Gasteiger partial charge in [0, 0.05) is 11.1 Å². The number of rotatable bonds is 6. The molecule has 0 fully saturated rings. The average Bonchev–Trinajstić information content (AvgIpc) is 1.97. The van der Waals surface area contributed by atoms with Crippen molar-refractivity contribution in [2.24, 2.45) is 5.92 Å². The van der Waals surface area contributed by atoms with Crippen LogP contribution in [0.3, 0.4) is 0 Å². The van der Waals surface area contributed by atoms with Crippen molar-refractivity contribution in [2.75, 3.05) is 16.8 Å². The van der Waals surface area contributed by atoms with Crippen molar-refractivity contribution in [3.63, 3.8) is 0 Å². The lowest BCUT2D eigenvalue weighted by molar-refractivity contribution is 0.226. The first-order valence-corrected chi connectivity index (χ1v) is 6.26. The van der Waals surface area contributed by atoms with Crippen molar-refractivity contribution in [2.45, 2.75) is 26.4 Å². The van der Waals surface area contributed by atoms with Crippen LogP contribution in [0, 0.1) is 5.92 Å². The SMILES string of the molecule is CC(C)CCSCC(O)CBr. The van der Waals surface area contributed by atoms with E-state index in [-0.39, 0.29) is 6.10 Å². The summed E-state index contributed by atoms with van der Waals surface area (Å²) in [4.78, 5) is 0. The molecule has 0 heterocycles. The van der Waals surface area contributed by atoms with Gasteiger partial charge >= 0.3 is 0 Å². The molecule has 1 nitrogen and oxygen atoms in total. The minimum atomic E-state index is -0.174. The first-order chi connectivity index (χ1) is 5.16. The lowest BCUT2D eigenvalue weighted by Gasteiger charge is -2.07. The Morgan fingerprint density at radius 3 is 2.55 bits per heavy atom. The van der Waals surface area contributed by atoms with Gasteiger partial charge in [-0.15, -0.1) is 0 Å².